The summed E-state index contributed by atoms with van der Waals surface area (Å²) in [6.45, 7) is 12.4. The summed E-state index contributed by atoms with van der Waals surface area (Å²) in [5, 5.41) is 2.99. The molecule has 0 spiro atoms. The van der Waals surface area contributed by atoms with Crippen LogP contribution in [0.2, 0.25) is 0 Å². The molecule has 45 heavy (non-hydrogen) atoms. The third-order valence-corrected chi connectivity index (χ3v) is 7.42. The van der Waals surface area contributed by atoms with Crippen LogP contribution in [0.4, 0.5) is 8.78 Å². The molecule has 1 aromatic heterocycles. The van der Waals surface area contributed by atoms with Crippen LogP contribution >= 0.6 is 0 Å². The lowest BCUT2D eigenvalue weighted by atomic mass is 9.97. The number of aromatic nitrogens is 1. The van der Waals surface area contributed by atoms with Crippen LogP contribution in [0.1, 0.15) is 37.3 Å². The largest absolute Gasteiger partial charge is 1.00 e. The molecule has 6 nitrogen and oxygen atoms in total. The van der Waals surface area contributed by atoms with Crippen LogP contribution in [0.3, 0.4) is 0 Å². The van der Waals surface area contributed by atoms with E-state index in [4.69, 9.17) is 9.15 Å². The second kappa shape index (κ2) is 16.5. The number of ether oxygens (including phenoxy) is 1. The number of benzene rings is 3. The van der Waals surface area contributed by atoms with Crippen LogP contribution in [-0.4, -0.2) is 55.7 Å². The van der Waals surface area contributed by atoms with E-state index < -0.39 is 11.6 Å². The molecule has 0 aliphatic rings. The van der Waals surface area contributed by atoms with Gasteiger partial charge in [-0.15, -0.1) is 13.2 Å². The summed E-state index contributed by atoms with van der Waals surface area (Å²) in [6.07, 6.45) is 7.72. The molecule has 0 radical (unpaired) electrons. The number of likely N-dealkylation sites (N-methyl/N-ethyl adjacent to an activating group) is 1. The maximum absolute atomic E-state index is 14.0. The van der Waals surface area contributed by atoms with Gasteiger partial charge < -0.3 is 35.9 Å². The highest BCUT2D eigenvalue weighted by Crippen LogP contribution is 2.36. The summed E-state index contributed by atoms with van der Waals surface area (Å²) in [4.78, 5) is 16.9. The third-order valence-electron chi connectivity index (χ3n) is 7.42. The second-order valence-electron chi connectivity index (χ2n) is 11.7. The van der Waals surface area contributed by atoms with E-state index in [0.717, 1.165) is 72.5 Å². The number of fused-ring (bicyclic) bond motifs is 1. The Morgan fingerprint density at radius 3 is 2.47 bits per heavy atom. The van der Waals surface area contributed by atoms with Crippen molar-refractivity contribution in [2.75, 3.05) is 40.3 Å². The Hall–Kier alpha value is -3.82. The van der Waals surface area contributed by atoms with Crippen molar-refractivity contribution in [2.45, 2.75) is 39.0 Å². The fourth-order valence-electron chi connectivity index (χ4n) is 5.15. The molecule has 0 saturated heterocycles. The lowest BCUT2D eigenvalue weighted by Gasteiger charge is -2.29. The number of carbonyl (C=O) groups excluding carboxylic acids is 1. The van der Waals surface area contributed by atoms with Gasteiger partial charge in [0.05, 0.1) is 27.2 Å². The Balaban J connectivity index is 0.00000552. The first-order valence-corrected chi connectivity index (χ1v) is 15.1. The average molecular weight is 683 g/mol. The highest BCUT2D eigenvalue weighted by atomic mass is 79.9. The minimum atomic E-state index is -0.961. The summed E-state index contributed by atoms with van der Waals surface area (Å²) >= 11 is 0. The SMILES string of the molecule is C=CCc1cc(-c2ccc(OCCC[N+](C)(C)CC(=O)NCCCC)c(CC=C)c2)c2oc(-c3ccc(F)c(F)c3)nc2c1.[Br-]. The number of carbonyl (C=O) groups is 1. The molecule has 4 aromatic rings. The Kier molecular flexibility index (Phi) is 13.1. The minimum Gasteiger partial charge on any atom is -1.00 e. The molecule has 3 aromatic carbocycles. The maximum atomic E-state index is 14.0. The standard InChI is InChI=1S/C36H41F2N3O3.BrH/c1-6-9-17-39-34(42)24-41(4,5)18-10-19-43-33-16-14-26(22-27(33)12-8-3)29-20-25(11-7-2)21-32-35(29)44-36(40-32)28-13-15-30(37)31(38)23-28;/h7-8,13-16,20-23H,2-3,6,9-12,17-19,24H2,1,4-5H3;1H. The predicted octanol–water partition coefficient (Wildman–Crippen LogP) is 4.66. The molecule has 0 bridgehead atoms. The van der Waals surface area contributed by atoms with Gasteiger partial charge in [-0.3, -0.25) is 4.79 Å². The van der Waals surface area contributed by atoms with Gasteiger partial charge in [0.15, 0.2) is 23.8 Å². The summed E-state index contributed by atoms with van der Waals surface area (Å²) in [7, 11) is 4.11. The highest BCUT2D eigenvalue weighted by molar-refractivity contribution is 5.92. The van der Waals surface area contributed by atoms with Crippen molar-refractivity contribution in [3.8, 4) is 28.3 Å². The van der Waals surface area contributed by atoms with Crippen LogP contribution in [0.5, 0.6) is 5.75 Å². The minimum absolute atomic E-state index is 0. The molecule has 4 rings (SSSR count). The molecule has 240 valence electrons. The van der Waals surface area contributed by atoms with Gasteiger partial charge in [0.2, 0.25) is 5.89 Å². The highest BCUT2D eigenvalue weighted by Gasteiger charge is 2.20. The molecular weight excluding hydrogens is 640 g/mol. The van der Waals surface area contributed by atoms with Crippen molar-refractivity contribution < 1.29 is 44.2 Å². The monoisotopic (exact) mass is 681 g/mol. The van der Waals surface area contributed by atoms with E-state index in [9.17, 15) is 13.6 Å². The van der Waals surface area contributed by atoms with Gasteiger partial charge in [-0.1, -0.05) is 31.6 Å². The number of hydrogen-bond donors (Lipinski definition) is 1. The number of nitrogens with one attached hydrogen (secondary N) is 1. The van der Waals surface area contributed by atoms with Gasteiger partial charge in [-0.2, -0.15) is 0 Å². The van der Waals surface area contributed by atoms with E-state index in [2.05, 4.69) is 50.5 Å². The molecule has 0 aliphatic heterocycles. The van der Waals surface area contributed by atoms with E-state index in [0.29, 0.717) is 47.1 Å². The van der Waals surface area contributed by atoms with Crippen LogP contribution in [0.15, 0.2) is 78.3 Å². The summed E-state index contributed by atoms with van der Waals surface area (Å²) in [6, 6.07) is 13.5. The lowest BCUT2D eigenvalue weighted by Crippen LogP contribution is -3.00. The van der Waals surface area contributed by atoms with Crippen molar-refractivity contribution in [2.24, 2.45) is 0 Å². The van der Waals surface area contributed by atoms with Gasteiger partial charge >= 0.3 is 0 Å². The number of quaternary nitrogens is 1. The number of nitrogens with zero attached hydrogens (tertiary/aromatic N) is 2. The second-order valence-corrected chi connectivity index (χ2v) is 11.7. The normalized spacial score (nSPS) is 11.2. The first-order valence-electron chi connectivity index (χ1n) is 15.1. The first-order chi connectivity index (χ1) is 21.1. The van der Waals surface area contributed by atoms with Gasteiger partial charge in [-0.05, 0) is 78.4 Å². The zero-order valence-corrected chi connectivity index (χ0v) is 27.9. The number of allylic oxidation sites excluding steroid dienone is 2. The quantitative estimate of drug-likeness (QED) is 0.106. The molecular formula is C36H42BrF2N3O3. The van der Waals surface area contributed by atoms with Crippen LogP contribution in [-0.2, 0) is 17.6 Å². The van der Waals surface area contributed by atoms with E-state index in [1.54, 1.807) is 0 Å². The topological polar surface area (TPSA) is 64.4 Å². The van der Waals surface area contributed by atoms with Gasteiger partial charge in [0.25, 0.3) is 5.91 Å². The van der Waals surface area contributed by atoms with Crippen LogP contribution in [0, 0.1) is 11.6 Å². The molecule has 0 atom stereocenters. The van der Waals surface area contributed by atoms with E-state index in [1.165, 1.54) is 6.07 Å². The first kappa shape index (κ1) is 35.7. The Labute approximate surface area is 275 Å². The maximum Gasteiger partial charge on any atom is 0.275 e. The zero-order chi connectivity index (χ0) is 31.7. The number of hydrogen-bond acceptors (Lipinski definition) is 4. The fourth-order valence-corrected chi connectivity index (χ4v) is 5.15. The number of halogens is 3. The Bertz CT molecular complexity index is 1630. The van der Waals surface area contributed by atoms with Crippen molar-refractivity contribution in [1.29, 1.82) is 0 Å². The Morgan fingerprint density at radius 1 is 1.00 bits per heavy atom. The van der Waals surface area contributed by atoms with E-state index in [1.807, 2.05) is 36.4 Å². The third kappa shape index (κ3) is 9.58. The molecule has 0 saturated carbocycles. The van der Waals surface area contributed by atoms with Gasteiger partial charge in [0.1, 0.15) is 11.3 Å². The molecule has 0 unspecified atom stereocenters. The fraction of sp³-hybridized carbons (Fsp3) is 0.333. The summed E-state index contributed by atoms with van der Waals surface area (Å²) in [5.74, 6) is -0.832. The molecule has 9 heteroatoms. The number of rotatable bonds is 16. The molecule has 1 amide bonds. The van der Waals surface area contributed by atoms with Crippen molar-refractivity contribution in [3.05, 3.63) is 96.6 Å². The molecule has 1 heterocycles. The van der Waals surface area contributed by atoms with Gasteiger partial charge in [0, 0.05) is 24.1 Å². The van der Waals surface area contributed by atoms with Gasteiger partial charge in [-0.25, -0.2) is 13.8 Å². The smallest absolute Gasteiger partial charge is 0.275 e. The molecule has 0 fully saturated rings. The van der Waals surface area contributed by atoms with E-state index in [-0.39, 0.29) is 28.8 Å². The van der Waals surface area contributed by atoms with Crippen LogP contribution < -0.4 is 27.0 Å². The zero-order valence-electron chi connectivity index (χ0n) is 26.3. The summed E-state index contributed by atoms with van der Waals surface area (Å²) in [5.41, 5.74) is 5.23. The van der Waals surface area contributed by atoms with Crippen molar-refractivity contribution in [3.63, 3.8) is 0 Å². The summed E-state index contributed by atoms with van der Waals surface area (Å²) < 4.78 is 40.5. The number of amides is 1. The van der Waals surface area contributed by atoms with Crippen molar-refractivity contribution in [1.82, 2.24) is 10.3 Å². The average Bonchev–Trinajstić information content (AvgIpc) is 3.41. The van der Waals surface area contributed by atoms with Crippen molar-refractivity contribution >= 4 is 17.0 Å². The predicted molar refractivity (Wildman–Crippen MR) is 172 cm³/mol. The Morgan fingerprint density at radius 2 is 1.76 bits per heavy atom. The van der Waals surface area contributed by atoms with E-state index >= 15 is 0 Å². The number of oxazole rings is 1. The van der Waals surface area contributed by atoms with Crippen LogP contribution in [0.25, 0.3) is 33.7 Å². The molecule has 1 N–H and O–H groups in total. The molecule has 0 aliphatic carbocycles. The number of unbranched alkanes of at least 4 members (excludes halogenated alkanes) is 1. The lowest BCUT2D eigenvalue weighted by molar-refractivity contribution is -0.882.